The van der Waals surface area contributed by atoms with Gasteiger partial charge in [0.1, 0.15) is 11.6 Å². The monoisotopic (exact) mass is 425 g/mol. The van der Waals surface area contributed by atoms with Gasteiger partial charge in [-0.15, -0.1) is 10.2 Å². The van der Waals surface area contributed by atoms with Gasteiger partial charge in [0.15, 0.2) is 5.16 Å². The highest BCUT2D eigenvalue weighted by atomic mass is 32.2. The molecule has 0 N–H and O–H groups in total. The molecule has 6 nitrogen and oxygen atoms in total. The normalized spacial score (nSPS) is 14.2. The smallest absolute Gasteiger partial charge is 0.233 e. The second-order valence-electron chi connectivity index (χ2n) is 7.28. The van der Waals surface area contributed by atoms with E-state index in [9.17, 15) is 9.18 Å². The van der Waals surface area contributed by atoms with E-state index in [4.69, 9.17) is 0 Å². The molecule has 0 spiro atoms. The third-order valence-corrected chi connectivity index (χ3v) is 6.21. The highest BCUT2D eigenvalue weighted by Crippen LogP contribution is 2.24. The Morgan fingerprint density at radius 3 is 2.40 bits per heavy atom. The summed E-state index contributed by atoms with van der Waals surface area (Å²) >= 11 is 1.41. The SMILES string of the molecule is Cc1ccccc1-n1c(C)nnc1SCC(=O)N1CCN(c2ccc(F)cc2)CC1. The van der Waals surface area contributed by atoms with E-state index >= 15 is 0 Å². The number of hydrogen-bond acceptors (Lipinski definition) is 5. The van der Waals surface area contributed by atoms with Crippen LogP contribution in [-0.2, 0) is 4.79 Å². The average molecular weight is 426 g/mol. The third kappa shape index (κ3) is 4.33. The fourth-order valence-corrected chi connectivity index (χ4v) is 4.50. The molecule has 0 radical (unpaired) electrons. The summed E-state index contributed by atoms with van der Waals surface area (Å²) in [7, 11) is 0. The Kier molecular flexibility index (Phi) is 6.03. The second-order valence-corrected chi connectivity index (χ2v) is 8.23. The van der Waals surface area contributed by atoms with E-state index in [1.165, 1.54) is 23.9 Å². The molecule has 1 fully saturated rings. The van der Waals surface area contributed by atoms with Gasteiger partial charge in [-0.2, -0.15) is 0 Å². The van der Waals surface area contributed by atoms with Gasteiger partial charge in [-0.3, -0.25) is 9.36 Å². The summed E-state index contributed by atoms with van der Waals surface area (Å²) in [5, 5.41) is 9.21. The maximum Gasteiger partial charge on any atom is 0.233 e. The van der Waals surface area contributed by atoms with Gasteiger partial charge >= 0.3 is 0 Å². The van der Waals surface area contributed by atoms with Gasteiger partial charge in [0.05, 0.1) is 11.4 Å². The van der Waals surface area contributed by atoms with Crippen LogP contribution in [0.5, 0.6) is 0 Å². The molecule has 0 aliphatic carbocycles. The number of aromatic nitrogens is 3. The van der Waals surface area contributed by atoms with E-state index in [2.05, 4.69) is 28.1 Å². The molecule has 1 aromatic heterocycles. The molecule has 4 rings (SSSR count). The Bertz CT molecular complexity index is 1030. The summed E-state index contributed by atoms with van der Waals surface area (Å²) < 4.78 is 15.1. The second kappa shape index (κ2) is 8.87. The zero-order valence-corrected chi connectivity index (χ0v) is 17.9. The minimum absolute atomic E-state index is 0.0933. The highest BCUT2D eigenvalue weighted by molar-refractivity contribution is 7.99. The molecular weight excluding hydrogens is 401 g/mol. The lowest BCUT2D eigenvalue weighted by Crippen LogP contribution is -2.49. The average Bonchev–Trinajstić information content (AvgIpc) is 3.13. The van der Waals surface area contributed by atoms with Crippen molar-refractivity contribution in [2.24, 2.45) is 0 Å². The highest BCUT2D eigenvalue weighted by Gasteiger charge is 2.22. The molecule has 2 aromatic carbocycles. The number of anilines is 1. The van der Waals surface area contributed by atoms with E-state index in [0.29, 0.717) is 18.8 Å². The van der Waals surface area contributed by atoms with Crippen LogP contribution >= 0.6 is 11.8 Å². The Morgan fingerprint density at radius 2 is 1.70 bits per heavy atom. The standard InChI is InChI=1S/C22H24FN5OS/c1-16-5-3-4-6-20(16)28-17(2)24-25-22(28)30-15-21(29)27-13-11-26(12-14-27)19-9-7-18(23)8-10-19/h3-10H,11-15H2,1-2H3. The number of nitrogens with zero attached hydrogens (tertiary/aromatic N) is 5. The first-order chi connectivity index (χ1) is 14.5. The third-order valence-electron chi connectivity index (χ3n) is 5.30. The number of thioether (sulfide) groups is 1. The Morgan fingerprint density at radius 1 is 1.00 bits per heavy atom. The Balaban J connectivity index is 1.36. The van der Waals surface area contributed by atoms with Crippen LogP contribution in [-0.4, -0.2) is 57.5 Å². The van der Waals surface area contributed by atoms with Gasteiger partial charge < -0.3 is 9.80 Å². The largest absolute Gasteiger partial charge is 0.368 e. The fraction of sp³-hybridized carbons (Fsp3) is 0.318. The molecule has 0 bridgehead atoms. The maximum absolute atomic E-state index is 13.1. The fourth-order valence-electron chi connectivity index (χ4n) is 3.61. The topological polar surface area (TPSA) is 54.3 Å². The van der Waals surface area contributed by atoms with E-state index in [1.54, 1.807) is 12.1 Å². The van der Waals surface area contributed by atoms with Crippen molar-refractivity contribution in [1.82, 2.24) is 19.7 Å². The number of piperazine rings is 1. The van der Waals surface area contributed by atoms with Crippen molar-refractivity contribution >= 4 is 23.4 Å². The Labute approximate surface area is 179 Å². The lowest BCUT2D eigenvalue weighted by molar-refractivity contribution is -0.128. The molecule has 2 heterocycles. The molecule has 1 aliphatic heterocycles. The summed E-state index contributed by atoms with van der Waals surface area (Å²) in [5.41, 5.74) is 3.15. The summed E-state index contributed by atoms with van der Waals surface area (Å²) in [6.45, 7) is 6.75. The Hall–Kier alpha value is -2.87. The number of para-hydroxylation sites is 1. The first kappa shape index (κ1) is 20.4. The summed E-state index contributed by atoms with van der Waals surface area (Å²) in [5.74, 6) is 0.974. The minimum atomic E-state index is -0.238. The van der Waals surface area contributed by atoms with Crippen molar-refractivity contribution in [2.45, 2.75) is 19.0 Å². The first-order valence-corrected chi connectivity index (χ1v) is 10.9. The number of halogens is 1. The molecule has 0 atom stereocenters. The molecule has 8 heteroatoms. The van der Waals surface area contributed by atoms with E-state index in [0.717, 1.165) is 41.0 Å². The van der Waals surface area contributed by atoms with Gasteiger partial charge in [-0.05, 0) is 49.7 Å². The van der Waals surface area contributed by atoms with Crippen molar-refractivity contribution in [3.05, 3.63) is 65.7 Å². The zero-order valence-electron chi connectivity index (χ0n) is 17.1. The van der Waals surface area contributed by atoms with Crippen LogP contribution < -0.4 is 4.90 Å². The van der Waals surface area contributed by atoms with Crippen LogP contribution in [0, 0.1) is 19.7 Å². The van der Waals surface area contributed by atoms with Crippen LogP contribution in [0.1, 0.15) is 11.4 Å². The molecule has 1 amide bonds. The number of rotatable bonds is 5. The molecular formula is C22H24FN5OS. The van der Waals surface area contributed by atoms with Crippen LogP contribution in [0.2, 0.25) is 0 Å². The predicted molar refractivity (Wildman–Crippen MR) is 117 cm³/mol. The molecule has 1 aliphatic rings. The lowest BCUT2D eigenvalue weighted by atomic mass is 10.2. The van der Waals surface area contributed by atoms with Crippen molar-refractivity contribution in [3.63, 3.8) is 0 Å². The van der Waals surface area contributed by atoms with Crippen LogP contribution in [0.4, 0.5) is 10.1 Å². The predicted octanol–water partition coefficient (Wildman–Crippen LogP) is 3.46. The number of carbonyl (C=O) groups excluding carboxylic acids is 1. The molecule has 0 unspecified atom stereocenters. The van der Waals surface area contributed by atoms with Gasteiger partial charge in [0.2, 0.25) is 5.91 Å². The maximum atomic E-state index is 13.1. The number of carbonyl (C=O) groups is 1. The van der Waals surface area contributed by atoms with E-state index in [1.807, 2.05) is 34.6 Å². The number of aryl methyl sites for hydroxylation is 2. The van der Waals surface area contributed by atoms with Crippen molar-refractivity contribution in [3.8, 4) is 5.69 Å². The number of hydrogen-bond donors (Lipinski definition) is 0. The summed E-state index contributed by atoms with van der Waals surface area (Å²) in [6.07, 6.45) is 0. The van der Waals surface area contributed by atoms with E-state index in [-0.39, 0.29) is 11.7 Å². The van der Waals surface area contributed by atoms with E-state index < -0.39 is 0 Å². The molecule has 1 saturated heterocycles. The van der Waals surface area contributed by atoms with Crippen molar-refractivity contribution < 1.29 is 9.18 Å². The molecule has 0 saturated carbocycles. The van der Waals surface area contributed by atoms with Crippen LogP contribution in [0.3, 0.4) is 0 Å². The quantitative estimate of drug-likeness (QED) is 0.586. The number of amides is 1. The van der Waals surface area contributed by atoms with Crippen LogP contribution in [0.25, 0.3) is 5.69 Å². The van der Waals surface area contributed by atoms with Gasteiger partial charge in [0, 0.05) is 31.9 Å². The van der Waals surface area contributed by atoms with Crippen molar-refractivity contribution in [1.29, 1.82) is 0 Å². The first-order valence-electron chi connectivity index (χ1n) is 9.92. The van der Waals surface area contributed by atoms with Gasteiger partial charge in [0.25, 0.3) is 0 Å². The minimum Gasteiger partial charge on any atom is -0.368 e. The molecule has 3 aromatic rings. The zero-order chi connectivity index (χ0) is 21.1. The van der Waals surface area contributed by atoms with Gasteiger partial charge in [-0.25, -0.2) is 4.39 Å². The van der Waals surface area contributed by atoms with Crippen molar-refractivity contribution in [2.75, 3.05) is 36.8 Å². The lowest BCUT2D eigenvalue weighted by Gasteiger charge is -2.36. The molecule has 30 heavy (non-hydrogen) atoms. The summed E-state index contributed by atoms with van der Waals surface area (Å²) in [6, 6.07) is 14.6. The summed E-state index contributed by atoms with van der Waals surface area (Å²) in [4.78, 5) is 16.8. The molecule has 156 valence electrons. The number of benzene rings is 2. The van der Waals surface area contributed by atoms with Gasteiger partial charge in [-0.1, -0.05) is 30.0 Å². The van der Waals surface area contributed by atoms with Crippen LogP contribution in [0.15, 0.2) is 53.7 Å².